The number of anilines is 1. The standard InChI is InChI=1S/C20H22N4O6S/c1-30-19-6-5-15(11-18(19)24(28)29)13-31-14-20(25)22-9-7-21(8-10-22)16-3-2-4-17(12-16)23(26)27/h2-6,11-12H,7-10,13-14H2,1H3. The van der Waals surface area contributed by atoms with Crippen LogP contribution < -0.4 is 9.64 Å². The minimum absolute atomic E-state index is 0.00621. The number of hydrogen-bond acceptors (Lipinski definition) is 8. The molecule has 1 heterocycles. The lowest BCUT2D eigenvalue weighted by atomic mass is 10.2. The number of piperazine rings is 1. The number of carbonyl (C=O) groups is 1. The molecule has 0 aliphatic carbocycles. The minimum atomic E-state index is -0.487. The fraction of sp³-hybridized carbons (Fsp3) is 0.350. The molecule has 2 aromatic rings. The summed E-state index contributed by atoms with van der Waals surface area (Å²) in [6, 6.07) is 11.3. The number of amides is 1. The summed E-state index contributed by atoms with van der Waals surface area (Å²) in [4.78, 5) is 37.5. The summed E-state index contributed by atoms with van der Waals surface area (Å²) in [6.07, 6.45) is 0. The highest BCUT2D eigenvalue weighted by molar-refractivity contribution is 7.99. The first-order valence-electron chi connectivity index (χ1n) is 9.55. The summed E-state index contributed by atoms with van der Waals surface area (Å²) >= 11 is 1.40. The van der Waals surface area contributed by atoms with Crippen molar-refractivity contribution in [1.29, 1.82) is 0 Å². The molecule has 0 aromatic heterocycles. The largest absolute Gasteiger partial charge is 0.490 e. The Balaban J connectivity index is 1.48. The molecule has 1 aliphatic heterocycles. The van der Waals surface area contributed by atoms with E-state index in [-0.39, 0.29) is 28.8 Å². The summed E-state index contributed by atoms with van der Waals surface area (Å²) in [6.45, 7) is 2.27. The molecule has 10 nitrogen and oxygen atoms in total. The second-order valence-electron chi connectivity index (χ2n) is 6.90. The van der Waals surface area contributed by atoms with Crippen LogP contribution in [0, 0.1) is 20.2 Å². The van der Waals surface area contributed by atoms with Crippen LogP contribution in [-0.2, 0) is 10.5 Å². The summed E-state index contributed by atoms with van der Waals surface area (Å²) in [5.41, 5.74) is 1.48. The van der Waals surface area contributed by atoms with Gasteiger partial charge in [0, 0.05) is 55.8 Å². The average Bonchev–Trinajstić information content (AvgIpc) is 2.79. The molecule has 11 heteroatoms. The van der Waals surface area contributed by atoms with Crippen molar-refractivity contribution in [2.75, 3.05) is 43.9 Å². The Morgan fingerprint density at radius 1 is 1.06 bits per heavy atom. The number of nitro benzene ring substituents is 2. The van der Waals surface area contributed by atoms with Crippen molar-refractivity contribution in [2.45, 2.75) is 5.75 Å². The van der Waals surface area contributed by atoms with E-state index >= 15 is 0 Å². The van der Waals surface area contributed by atoms with Gasteiger partial charge in [-0.05, 0) is 17.7 Å². The molecule has 3 rings (SSSR count). The molecule has 2 aromatic carbocycles. The molecule has 1 aliphatic rings. The lowest BCUT2D eigenvalue weighted by Crippen LogP contribution is -2.49. The predicted octanol–water partition coefficient (Wildman–Crippen LogP) is 3.09. The van der Waals surface area contributed by atoms with Crippen LogP contribution >= 0.6 is 11.8 Å². The van der Waals surface area contributed by atoms with Crippen molar-refractivity contribution >= 4 is 34.7 Å². The first-order valence-corrected chi connectivity index (χ1v) is 10.7. The van der Waals surface area contributed by atoms with Gasteiger partial charge >= 0.3 is 5.69 Å². The van der Waals surface area contributed by atoms with E-state index in [2.05, 4.69) is 0 Å². The first-order chi connectivity index (χ1) is 14.9. The zero-order valence-electron chi connectivity index (χ0n) is 16.9. The van der Waals surface area contributed by atoms with Crippen molar-refractivity contribution in [3.63, 3.8) is 0 Å². The third-order valence-electron chi connectivity index (χ3n) is 4.97. The van der Waals surface area contributed by atoms with Gasteiger partial charge in [0.2, 0.25) is 5.91 Å². The maximum absolute atomic E-state index is 12.5. The van der Waals surface area contributed by atoms with Crippen LogP contribution in [0.5, 0.6) is 5.75 Å². The van der Waals surface area contributed by atoms with E-state index in [1.807, 2.05) is 11.0 Å². The Bertz CT molecular complexity index is 978. The van der Waals surface area contributed by atoms with Gasteiger partial charge in [0.1, 0.15) is 0 Å². The molecular weight excluding hydrogens is 424 g/mol. The predicted molar refractivity (Wildman–Crippen MR) is 118 cm³/mol. The number of thioether (sulfide) groups is 1. The van der Waals surface area contributed by atoms with Gasteiger partial charge in [0.15, 0.2) is 5.75 Å². The van der Waals surface area contributed by atoms with Crippen molar-refractivity contribution in [3.05, 3.63) is 68.3 Å². The lowest BCUT2D eigenvalue weighted by molar-refractivity contribution is -0.385. The van der Waals surface area contributed by atoms with Crippen LogP contribution in [0.4, 0.5) is 17.1 Å². The Labute approximate surface area is 183 Å². The molecule has 0 bridgehead atoms. The van der Waals surface area contributed by atoms with Crippen molar-refractivity contribution in [1.82, 2.24) is 4.90 Å². The number of nitrogens with zero attached hydrogens (tertiary/aromatic N) is 4. The quantitative estimate of drug-likeness (QED) is 0.448. The van der Waals surface area contributed by atoms with Gasteiger partial charge in [-0.3, -0.25) is 25.0 Å². The van der Waals surface area contributed by atoms with E-state index in [1.165, 1.54) is 31.0 Å². The maximum Gasteiger partial charge on any atom is 0.311 e. The molecule has 0 spiro atoms. The Morgan fingerprint density at radius 3 is 2.45 bits per heavy atom. The van der Waals surface area contributed by atoms with Gasteiger partial charge in [0.25, 0.3) is 5.69 Å². The van der Waals surface area contributed by atoms with Gasteiger partial charge in [0.05, 0.1) is 22.7 Å². The first kappa shape index (κ1) is 22.3. The fourth-order valence-corrected chi connectivity index (χ4v) is 4.21. The summed E-state index contributed by atoms with van der Waals surface area (Å²) in [5, 5.41) is 22.1. The second kappa shape index (κ2) is 10.1. The van der Waals surface area contributed by atoms with Gasteiger partial charge in [-0.1, -0.05) is 12.1 Å². The number of non-ortho nitro benzene ring substituents is 1. The van der Waals surface area contributed by atoms with Crippen LogP contribution in [-0.4, -0.2) is 59.7 Å². The third kappa shape index (κ3) is 5.63. The molecule has 1 saturated heterocycles. The number of benzene rings is 2. The number of hydrogen-bond donors (Lipinski definition) is 0. The average molecular weight is 446 g/mol. The molecular formula is C20H22N4O6S. The van der Waals surface area contributed by atoms with Crippen LogP contribution in [0.15, 0.2) is 42.5 Å². The van der Waals surface area contributed by atoms with Crippen LogP contribution in [0.1, 0.15) is 5.56 Å². The van der Waals surface area contributed by atoms with E-state index in [1.54, 1.807) is 29.2 Å². The maximum atomic E-state index is 12.5. The molecule has 1 amide bonds. The zero-order valence-corrected chi connectivity index (χ0v) is 17.7. The zero-order chi connectivity index (χ0) is 22.4. The van der Waals surface area contributed by atoms with Gasteiger partial charge in [-0.2, -0.15) is 0 Å². The summed E-state index contributed by atoms with van der Waals surface area (Å²) < 4.78 is 5.00. The minimum Gasteiger partial charge on any atom is -0.490 e. The van der Waals surface area contributed by atoms with E-state index in [0.717, 1.165) is 11.3 Å². The highest BCUT2D eigenvalue weighted by atomic mass is 32.2. The molecule has 164 valence electrons. The monoisotopic (exact) mass is 446 g/mol. The lowest BCUT2D eigenvalue weighted by Gasteiger charge is -2.36. The Kier molecular flexibility index (Phi) is 7.29. The molecule has 31 heavy (non-hydrogen) atoms. The SMILES string of the molecule is COc1ccc(CSCC(=O)N2CCN(c3cccc([N+](=O)[O-])c3)CC2)cc1[N+](=O)[O-]. The number of methoxy groups -OCH3 is 1. The topological polar surface area (TPSA) is 119 Å². The highest BCUT2D eigenvalue weighted by Gasteiger charge is 2.22. The van der Waals surface area contributed by atoms with Crippen LogP contribution in [0.25, 0.3) is 0 Å². The van der Waals surface area contributed by atoms with E-state index in [4.69, 9.17) is 4.74 Å². The van der Waals surface area contributed by atoms with Crippen LogP contribution in [0.2, 0.25) is 0 Å². The van der Waals surface area contributed by atoms with Gasteiger partial charge in [-0.25, -0.2) is 0 Å². The number of nitro groups is 2. The Morgan fingerprint density at radius 2 is 1.81 bits per heavy atom. The smallest absolute Gasteiger partial charge is 0.311 e. The van der Waals surface area contributed by atoms with Crippen LogP contribution in [0.3, 0.4) is 0 Å². The molecule has 0 N–H and O–H groups in total. The van der Waals surface area contributed by atoms with Crippen molar-refractivity contribution < 1.29 is 19.4 Å². The molecule has 0 radical (unpaired) electrons. The number of carbonyl (C=O) groups excluding carboxylic acids is 1. The van der Waals surface area contributed by atoms with Crippen molar-refractivity contribution in [3.8, 4) is 5.75 Å². The molecule has 0 saturated carbocycles. The molecule has 0 atom stereocenters. The third-order valence-corrected chi connectivity index (χ3v) is 5.96. The Hall–Kier alpha value is -3.34. The normalized spacial score (nSPS) is 13.7. The van der Waals surface area contributed by atoms with Crippen molar-refractivity contribution in [2.24, 2.45) is 0 Å². The van der Waals surface area contributed by atoms with E-state index < -0.39 is 9.85 Å². The number of ether oxygens (including phenoxy) is 1. The summed E-state index contributed by atoms with van der Waals surface area (Å²) in [7, 11) is 1.38. The summed E-state index contributed by atoms with van der Waals surface area (Å²) in [5.74, 6) is 0.962. The fourth-order valence-electron chi connectivity index (χ4n) is 3.33. The van der Waals surface area contributed by atoms with E-state index in [0.29, 0.717) is 31.9 Å². The second-order valence-corrected chi connectivity index (χ2v) is 7.89. The number of rotatable bonds is 8. The van der Waals surface area contributed by atoms with E-state index in [9.17, 15) is 25.0 Å². The van der Waals surface area contributed by atoms with Gasteiger partial charge < -0.3 is 14.5 Å². The highest BCUT2D eigenvalue weighted by Crippen LogP contribution is 2.29. The molecule has 1 fully saturated rings. The van der Waals surface area contributed by atoms with Gasteiger partial charge in [-0.15, -0.1) is 11.8 Å². The molecule has 0 unspecified atom stereocenters.